The topological polar surface area (TPSA) is 6.48 Å². The van der Waals surface area contributed by atoms with Gasteiger partial charge >= 0.3 is 0 Å². The van der Waals surface area contributed by atoms with Crippen LogP contribution in [0.15, 0.2) is 12.4 Å². The van der Waals surface area contributed by atoms with E-state index in [1.54, 1.807) is 0 Å². The first-order valence-corrected chi connectivity index (χ1v) is 4.67. The first-order valence-electron chi connectivity index (χ1n) is 4.67. The molecule has 70 valence electrons. The number of rotatable bonds is 2. The van der Waals surface area contributed by atoms with Gasteiger partial charge < -0.3 is 9.80 Å². The van der Waals surface area contributed by atoms with Gasteiger partial charge in [-0.15, -0.1) is 0 Å². The molecule has 0 amide bonds. The molecule has 1 fully saturated rings. The molecule has 0 aromatic carbocycles. The van der Waals surface area contributed by atoms with Gasteiger partial charge in [0.2, 0.25) is 0 Å². The lowest BCUT2D eigenvalue weighted by Gasteiger charge is -2.31. The Bertz CT molecular complexity index is 175. The van der Waals surface area contributed by atoms with Crippen molar-refractivity contribution in [2.75, 3.05) is 20.6 Å². The van der Waals surface area contributed by atoms with Gasteiger partial charge in [-0.25, -0.2) is 0 Å². The molecule has 0 radical (unpaired) electrons. The Morgan fingerprint density at radius 1 is 1.42 bits per heavy atom. The highest BCUT2D eigenvalue weighted by molar-refractivity contribution is 4.98. The molecule has 0 aliphatic carbocycles. The largest absolute Gasteiger partial charge is 0.365 e. The minimum absolute atomic E-state index is 0.653. The van der Waals surface area contributed by atoms with Gasteiger partial charge in [0.15, 0.2) is 0 Å². The van der Waals surface area contributed by atoms with Crippen molar-refractivity contribution in [2.24, 2.45) is 5.92 Å². The minimum atomic E-state index is 0.653. The molecule has 12 heavy (non-hydrogen) atoms. The van der Waals surface area contributed by atoms with Crippen LogP contribution in [0.1, 0.15) is 20.3 Å². The lowest BCUT2D eigenvalue weighted by Crippen LogP contribution is -2.34. The molecule has 1 saturated heterocycles. The Hall–Kier alpha value is -0.660. The maximum Gasteiger partial charge on any atom is 0.0962 e. The maximum absolute atomic E-state index is 4.07. The van der Waals surface area contributed by atoms with E-state index in [1.165, 1.54) is 13.0 Å². The van der Waals surface area contributed by atoms with Crippen molar-refractivity contribution < 1.29 is 0 Å². The summed E-state index contributed by atoms with van der Waals surface area (Å²) in [5, 5.41) is 0. The van der Waals surface area contributed by atoms with Crippen LogP contribution in [0, 0.1) is 5.92 Å². The van der Waals surface area contributed by atoms with Crippen LogP contribution in [0.2, 0.25) is 0 Å². The Kier molecular flexibility index (Phi) is 2.65. The van der Waals surface area contributed by atoms with E-state index in [2.05, 4.69) is 44.3 Å². The highest BCUT2D eigenvalue weighted by atomic mass is 15.3. The molecule has 0 bridgehead atoms. The van der Waals surface area contributed by atoms with Crippen LogP contribution in [0.5, 0.6) is 0 Å². The molecule has 0 saturated carbocycles. The van der Waals surface area contributed by atoms with Gasteiger partial charge in [0, 0.05) is 26.7 Å². The van der Waals surface area contributed by atoms with E-state index in [0.29, 0.717) is 6.04 Å². The summed E-state index contributed by atoms with van der Waals surface area (Å²) in [4.78, 5) is 4.49. The van der Waals surface area contributed by atoms with E-state index in [1.807, 2.05) is 0 Å². The summed E-state index contributed by atoms with van der Waals surface area (Å²) < 4.78 is 0. The van der Waals surface area contributed by atoms with E-state index in [-0.39, 0.29) is 0 Å². The molecule has 0 N–H and O–H groups in total. The van der Waals surface area contributed by atoms with Crippen molar-refractivity contribution in [1.29, 1.82) is 0 Å². The zero-order valence-corrected chi connectivity index (χ0v) is 8.67. The predicted octanol–water partition coefficient (Wildman–Crippen LogP) is 1.75. The van der Waals surface area contributed by atoms with Gasteiger partial charge in [0.1, 0.15) is 0 Å². The molecular weight excluding hydrogens is 148 g/mol. The molecule has 1 aliphatic rings. The first kappa shape index (κ1) is 9.43. The predicted molar refractivity (Wildman–Crippen MR) is 52.8 cm³/mol. The zero-order valence-electron chi connectivity index (χ0n) is 8.67. The maximum atomic E-state index is 4.07. The van der Waals surface area contributed by atoms with Crippen molar-refractivity contribution in [3.63, 3.8) is 0 Å². The van der Waals surface area contributed by atoms with Gasteiger partial charge in [-0.1, -0.05) is 13.5 Å². The van der Waals surface area contributed by atoms with E-state index < -0.39 is 0 Å². The summed E-state index contributed by atoms with van der Waals surface area (Å²) in [5.41, 5.74) is 0. The Morgan fingerprint density at radius 2 is 2.00 bits per heavy atom. The monoisotopic (exact) mass is 168 g/mol. The number of hydrogen-bond donors (Lipinski definition) is 0. The first-order chi connectivity index (χ1) is 5.54. The van der Waals surface area contributed by atoms with Crippen molar-refractivity contribution >= 4 is 0 Å². The highest BCUT2D eigenvalue weighted by Gasteiger charge is 2.28. The third-order valence-electron chi connectivity index (χ3n) is 2.99. The standard InChI is InChI=1S/C10H20N2/c1-8-6-7-12(9(8)2)10(3)11(4)5/h8-9H,3,6-7H2,1-2,4-5H3. The molecular formula is C10H20N2. The zero-order chi connectivity index (χ0) is 9.30. The van der Waals surface area contributed by atoms with Gasteiger partial charge in [0.25, 0.3) is 0 Å². The van der Waals surface area contributed by atoms with Crippen LogP contribution in [-0.4, -0.2) is 36.5 Å². The fourth-order valence-corrected chi connectivity index (χ4v) is 1.72. The van der Waals surface area contributed by atoms with Crippen LogP contribution < -0.4 is 0 Å². The number of nitrogens with zero attached hydrogens (tertiary/aromatic N) is 2. The van der Waals surface area contributed by atoms with Crippen molar-refractivity contribution in [3.8, 4) is 0 Å². The van der Waals surface area contributed by atoms with Crippen molar-refractivity contribution in [3.05, 3.63) is 12.4 Å². The molecule has 1 aliphatic heterocycles. The minimum Gasteiger partial charge on any atom is -0.365 e. The fraction of sp³-hybridized carbons (Fsp3) is 0.800. The lowest BCUT2D eigenvalue weighted by molar-refractivity contribution is 0.238. The van der Waals surface area contributed by atoms with Gasteiger partial charge in [-0.3, -0.25) is 0 Å². The van der Waals surface area contributed by atoms with Crippen molar-refractivity contribution in [2.45, 2.75) is 26.3 Å². The second-order valence-corrected chi connectivity index (χ2v) is 4.01. The summed E-state index contributed by atoms with van der Waals surface area (Å²) in [5.74, 6) is 1.95. The fourth-order valence-electron chi connectivity index (χ4n) is 1.72. The van der Waals surface area contributed by atoms with Crippen molar-refractivity contribution in [1.82, 2.24) is 9.80 Å². The highest BCUT2D eigenvalue weighted by Crippen LogP contribution is 2.26. The van der Waals surface area contributed by atoms with Gasteiger partial charge in [-0.2, -0.15) is 0 Å². The Balaban J connectivity index is 2.59. The molecule has 0 aromatic rings. The van der Waals surface area contributed by atoms with E-state index >= 15 is 0 Å². The SMILES string of the molecule is C=C(N(C)C)N1CCC(C)C1C. The lowest BCUT2D eigenvalue weighted by atomic mass is 10.1. The summed E-state index contributed by atoms with van der Waals surface area (Å²) >= 11 is 0. The second kappa shape index (κ2) is 3.38. The Labute approximate surface area is 75.8 Å². The summed E-state index contributed by atoms with van der Waals surface area (Å²) in [6.07, 6.45) is 1.30. The Morgan fingerprint density at radius 3 is 2.33 bits per heavy atom. The van der Waals surface area contributed by atoms with Gasteiger partial charge in [-0.05, 0) is 19.3 Å². The van der Waals surface area contributed by atoms with Crippen LogP contribution >= 0.6 is 0 Å². The van der Waals surface area contributed by atoms with E-state index in [9.17, 15) is 0 Å². The average Bonchev–Trinajstić information content (AvgIpc) is 2.32. The summed E-state index contributed by atoms with van der Waals surface area (Å²) in [7, 11) is 4.11. The molecule has 2 atom stereocenters. The quantitative estimate of drug-likeness (QED) is 0.620. The van der Waals surface area contributed by atoms with Crippen LogP contribution in [0.4, 0.5) is 0 Å². The summed E-state index contributed by atoms with van der Waals surface area (Å²) in [6.45, 7) is 9.84. The van der Waals surface area contributed by atoms with Crippen LogP contribution in [0.25, 0.3) is 0 Å². The van der Waals surface area contributed by atoms with E-state index in [0.717, 1.165) is 11.7 Å². The average molecular weight is 168 g/mol. The van der Waals surface area contributed by atoms with Gasteiger partial charge in [0.05, 0.1) is 5.82 Å². The third kappa shape index (κ3) is 1.57. The normalized spacial score (nSPS) is 29.2. The van der Waals surface area contributed by atoms with E-state index in [4.69, 9.17) is 0 Å². The number of likely N-dealkylation sites (tertiary alicyclic amines) is 1. The van der Waals surface area contributed by atoms with Crippen LogP contribution in [-0.2, 0) is 0 Å². The smallest absolute Gasteiger partial charge is 0.0962 e. The summed E-state index contributed by atoms with van der Waals surface area (Å²) in [6, 6.07) is 0.653. The molecule has 1 rings (SSSR count). The molecule has 2 heteroatoms. The molecule has 2 nitrogen and oxygen atoms in total. The molecule has 1 heterocycles. The molecule has 0 aromatic heterocycles. The van der Waals surface area contributed by atoms with Crippen LogP contribution in [0.3, 0.4) is 0 Å². The molecule has 2 unspecified atom stereocenters. The number of hydrogen-bond acceptors (Lipinski definition) is 2. The third-order valence-corrected chi connectivity index (χ3v) is 2.99. The second-order valence-electron chi connectivity index (χ2n) is 4.01. The molecule has 0 spiro atoms.